The zero-order chi connectivity index (χ0) is 5.86. The smallest absolute Gasteiger partial charge is 0.252 e. The number of rotatable bonds is 1. The van der Waals surface area contributed by atoms with Crippen LogP contribution in [-0.2, 0) is 4.74 Å². The van der Waals surface area contributed by atoms with E-state index in [0.29, 0.717) is 0 Å². The fourth-order valence-electron chi connectivity index (χ4n) is 0.192. The van der Waals surface area contributed by atoms with E-state index >= 15 is 0 Å². The molecule has 0 aliphatic rings. The van der Waals surface area contributed by atoms with Gasteiger partial charge in [0, 0.05) is 0 Å². The Bertz CT molecular complexity index is 70.1. The molecule has 0 spiro atoms. The third-order valence-corrected chi connectivity index (χ3v) is 0.524. The lowest BCUT2D eigenvalue weighted by Gasteiger charge is -2.02. The summed E-state index contributed by atoms with van der Waals surface area (Å²) in [7, 11) is 0. The summed E-state index contributed by atoms with van der Waals surface area (Å²) in [5.74, 6) is 0. The van der Waals surface area contributed by atoms with Crippen LogP contribution in [0.1, 0.15) is 13.8 Å². The van der Waals surface area contributed by atoms with Crippen molar-refractivity contribution < 1.29 is 4.74 Å². The van der Waals surface area contributed by atoms with Crippen LogP contribution in [0.25, 0.3) is 0 Å². The van der Waals surface area contributed by atoms with E-state index in [1.165, 1.54) is 0 Å². The van der Waals surface area contributed by atoms with Crippen molar-refractivity contribution in [1.29, 1.82) is 0 Å². The highest BCUT2D eigenvalue weighted by Crippen LogP contribution is 1.92. The Morgan fingerprint density at radius 1 is 1.57 bits per heavy atom. The van der Waals surface area contributed by atoms with Crippen molar-refractivity contribution in [2.45, 2.75) is 20.0 Å². The maximum absolute atomic E-state index is 4.80. The van der Waals surface area contributed by atoms with Gasteiger partial charge >= 0.3 is 0 Å². The molecule has 1 nitrogen and oxygen atoms in total. The van der Waals surface area contributed by atoms with Crippen LogP contribution in [0.2, 0.25) is 0 Å². The maximum atomic E-state index is 4.80. The summed E-state index contributed by atoms with van der Waals surface area (Å²) >= 11 is 8.93. The molecular formula is C4H7OS2. The molecule has 0 saturated heterocycles. The van der Waals surface area contributed by atoms with Crippen LogP contribution < -0.4 is 0 Å². The van der Waals surface area contributed by atoms with Gasteiger partial charge in [-0.3, -0.25) is 0 Å². The Morgan fingerprint density at radius 2 is 2.00 bits per heavy atom. The van der Waals surface area contributed by atoms with Crippen LogP contribution in [0.15, 0.2) is 0 Å². The van der Waals surface area contributed by atoms with Crippen LogP contribution in [0.4, 0.5) is 0 Å². The lowest BCUT2D eigenvalue weighted by Crippen LogP contribution is -2.02. The minimum absolute atomic E-state index is 0.130. The number of thiocarbonyl (C=S) groups is 1. The highest BCUT2D eigenvalue weighted by atomic mass is 32.1. The first-order valence-corrected chi connectivity index (χ1v) is 2.82. The molecule has 0 aromatic rings. The van der Waals surface area contributed by atoms with Gasteiger partial charge in [-0.1, -0.05) is 0 Å². The van der Waals surface area contributed by atoms with E-state index in [-0.39, 0.29) is 10.5 Å². The summed E-state index contributed by atoms with van der Waals surface area (Å²) in [6, 6.07) is 0. The van der Waals surface area contributed by atoms with Gasteiger partial charge in [0.1, 0.15) is 0 Å². The summed E-state index contributed by atoms with van der Waals surface area (Å²) in [6.45, 7) is 3.78. The second-order valence-corrected chi connectivity index (χ2v) is 2.42. The van der Waals surface area contributed by atoms with Crippen molar-refractivity contribution in [3.63, 3.8) is 0 Å². The maximum Gasteiger partial charge on any atom is 0.252 e. The van der Waals surface area contributed by atoms with Crippen LogP contribution in [-0.4, -0.2) is 10.5 Å². The van der Waals surface area contributed by atoms with Gasteiger partial charge in [0.25, 0.3) is 4.38 Å². The van der Waals surface area contributed by atoms with E-state index in [1.54, 1.807) is 0 Å². The van der Waals surface area contributed by atoms with Gasteiger partial charge in [-0.2, -0.15) is 0 Å². The van der Waals surface area contributed by atoms with Crippen LogP contribution >= 0.6 is 24.8 Å². The summed E-state index contributed by atoms with van der Waals surface area (Å²) in [4.78, 5) is 0. The summed E-state index contributed by atoms with van der Waals surface area (Å²) in [5, 5.41) is 0. The highest BCUT2D eigenvalue weighted by molar-refractivity contribution is 8.10. The van der Waals surface area contributed by atoms with E-state index in [0.717, 1.165) is 0 Å². The molecule has 0 saturated carbocycles. The first-order valence-electron chi connectivity index (χ1n) is 2.00. The molecule has 0 atom stereocenters. The van der Waals surface area contributed by atoms with Gasteiger partial charge in [0.2, 0.25) is 0 Å². The molecule has 0 rings (SSSR count). The minimum atomic E-state index is 0.130. The molecule has 0 N–H and O–H groups in total. The number of ether oxygens (including phenoxy) is 1. The molecule has 3 heteroatoms. The first-order chi connectivity index (χ1) is 3.13. The summed E-state index contributed by atoms with van der Waals surface area (Å²) in [6.07, 6.45) is 0.130. The third kappa shape index (κ3) is 6.11. The first kappa shape index (κ1) is 7.11. The molecule has 41 valence electrons. The molecule has 1 radical (unpaired) electrons. The molecule has 0 amide bonds. The van der Waals surface area contributed by atoms with Gasteiger partial charge in [-0.05, 0) is 38.7 Å². The predicted molar refractivity (Wildman–Crippen MR) is 36.4 cm³/mol. The van der Waals surface area contributed by atoms with Crippen molar-refractivity contribution in [1.82, 2.24) is 0 Å². The lowest BCUT2D eigenvalue weighted by molar-refractivity contribution is 0.243. The largest absolute Gasteiger partial charge is 0.473 e. The van der Waals surface area contributed by atoms with Gasteiger partial charge < -0.3 is 4.74 Å². The summed E-state index contributed by atoms with van der Waals surface area (Å²) in [5.41, 5.74) is 0. The van der Waals surface area contributed by atoms with E-state index in [1.807, 2.05) is 13.8 Å². The molecule has 0 aromatic carbocycles. The fourth-order valence-corrected chi connectivity index (χ4v) is 0.577. The summed E-state index contributed by atoms with van der Waals surface area (Å²) < 4.78 is 5.00. The lowest BCUT2D eigenvalue weighted by atomic mass is 10.5. The van der Waals surface area contributed by atoms with Gasteiger partial charge in [0.15, 0.2) is 0 Å². The minimum Gasteiger partial charge on any atom is -0.473 e. The standard InChI is InChI=1S/C4H7OS2/c1-3(2)5-4(6)7/h3H,1-2H3. The van der Waals surface area contributed by atoms with E-state index in [9.17, 15) is 0 Å². The van der Waals surface area contributed by atoms with Crippen molar-refractivity contribution in [2.24, 2.45) is 0 Å². The average molecular weight is 135 g/mol. The van der Waals surface area contributed by atoms with Gasteiger partial charge in [-0.15, -0.1) is 0 Å². The average Bonchev–Trinajstić information content (AvgIpc) is 1.27. The SMILES string of the molecule is CC(C)OC([S])=S. The Kier molecular flexibility index (Phi) is 3.21. The molecule has 0 aliphatic heterocycles. The molecular weight excluding hydrogens is 128 g/mol. The van der Waals surface area contributed by atoms with Gasteiger partial charge in [0.05, 0.1) is 6.10 Å². The predicted octanol–water partition coefficient (Wildman–Crippen LogP) is 1.89. The van der Waals surface area contributed by atoms with Crippen molar-refractivity contribution in [3.8, 4) is 0 Å². The fraction of sp³-hybridized carbons (Fsp3) is 0.750. The van der Waals surface area contributed by atoms with Crippen molar-refractivity contribution in [3.05, 3.63) is 0 Å². The quantitative estimate of drug-likeness (QED) is 0.508. The molecule has 0 unspecified atom stereocenters. The Morgan fingerprint density at radius 3 is 2.00 bits per heavy atom. The third-order valence-electron chi connectivity index (χ3n) is 0.332. The Hall–Kier alpha value is 0.110. The molecule has 0 bridgehead atoms. The van der Waals surface area contributed by atoms with E-state index in [4.69, 9.17) is 4.74 Å². The molecule has 0 aromatic heterocycles. The Balaban J connectivity index is 3.13. The van der Waals surface area contributed by atoms with Crippen molar-refractivity contribution >= 4 is 29.2 Å². The van der Waals surface area contributed by atoms with Crippen molar-refractivity contribution in [2.75, 3.05) is 0 Å². The second kappa shape index (κ2) is 3.16. The zero-order valence-electron chi connectivity index (χ0n) is 4.30. The zero-order valence-corrected chi connectivity index (χ0v) is 5.94. The van der Waals surface area contributed by atoms with E-state index in [2.05, 4.69) is 24.8 Å². The molecule has 7 heavy (non-hydrogen) atoms. The normalized spacial score (nSPS) is 9.00. The van der Waals surface area contributed by atoms with Crippen LogP contribution in [0, 0.1) is 0 Å². The van der Waals surface area contributed by atoms with Gasteiger partial charge in [-0.25, -0.2) is 0 Å². The highest BCUT2D eigenvalue weighted by Gasteiger charge is 1.92. The second-order valence-electron chi connectivity index (χ2n) is 1.42. The molecule has 0 heterocycles. The number of hydrogen-bond acceptors (Lipinski definition) is 2. The molecule has 0 fully saturated rings. The van der Waals surface area contributed by atoms with Crippen LogP contribution in [0.5, 0.6) is 0 Å². The number of hydrogen-bond donors (Lipinski definition) is 0. The van der Waals surface area contributed by atoms with Crippen LogP contribution in [0.3, 0.4) is 0 Å². The van der Waals surface area contributed by atoms with E-state index < -0.39 is 0 Å². The monoisotopic (exact) mass is 135 g/mol. The molecule has 0 aliphatic carbocycles. The Labute approximate surface area is 54.5 Å². The topological polar surface area (TPSA) is 9.23 Å².